The standard InChI is InChI=1S/C13H19NO3S2/c1-19(16,17)12-5-2-7-14(8-6-12)13(15)10-11-4-3-9-18-11/h3-4,9,12H,2,5-8,10H2,1H3. The Morgan fingerprint density at radius 2 is 2.21 bits per heavy atom. The molecule has 1 atom stereocenters. The van der Waals surface area contributed by atoms with Gasteiger partial charge in [0.15, 0.2) is 0 Å². The minimum absolute atomic E-state index is 0.108. The van der Waals surface area contributed by atoms with Crippen molar-refractivity contribution in [2.24, 2.45) is 0 Å². The van der Waals surface area contributed by atoms with Crippen LogP contribution in [0.2, 0.25) is 0 Å². The molecule has 1 aliphatic heterocycles. The van der Waals surface area contributed by atoms with Crippen LogP contribution in [0.3, 0.4) is 0 Å². The van der Waals surface area contributed by atoms with Gasteiger partial charge < -0.3 is 4.90 Å². The van der Waals surface area contributed by atoms with Gasteiger partial charge in [-0.15, -0.1) is 11.3 Å². The molecule has 0 N–H and O–H groups in total. The quantitative estimate of drug-likeness (QED) is 0.854. The number of hydrogen-bond acceptors (Lipinski definition) is 4. The minimum Gasteiger partial charge on any atom is -0.342 e. The van der Waals surface area contributed by atoms with Crippen LogP contribution in [-0.4, -0.2) is 43.8 Å². The Balaban J connectivity index is 1.94. The Morgan fingerprint density at radius 1 is 1.42 bits per heavy atom. The Morgan fingerprint density at radius 3 is 2.84 bits per heavy atom. The average Bonchev–Trinajstić information content (AvgIpc) is 2.69. The van der Waals surface area contributed by atoms with Gasteiger partial charge in [0.2, 0.25) is 5.91 Å². The molecular formula is C13H19NO3S2. The summed E-state index contributed by atoms with van der Waals surface area (Å²) in [4.78, 5) is 15.0. The molecule has 4 nitrogen and oxygen atoms in total. The maximum Gasteiger partial charge on any atom is 0.227 e. The molecule has 0 aromatic carbocycles. The lowest BCUT2D eigenvalue weighted by molar-refractivity contribution is -0.130. The zero-order valence-corrected chi connectivity index (χ0v) is 12.7. The second kappa shape index (κ2) is 6.05. The first kappa shape index (κ1) is 14.5. The molecule has 1 fully saturated rings. The van der Waals surface area contributed by atoms with E-state index in [1.54, 1.807) is 11.3 Å². The number of hydrogen-bond donors (Lipinski definition) is 0. The van der Waals surface area contributed by atoms with Crippen LogP contribution in [0.25, 0.3) is 0 Å². The maximum absolute atomic E-state index is 12.2. The van der Waals surface area contributed by atoms with E-state index in [0.29, 0.717) is 32.4 Å². The highest BCUT2D eigenvalue weighted by molar-refractivity contribution is 7.91. The van der Waals surface area contributed by atoms with Gasteiger partial charge in [0.25, 0.3) is 0 Å². The molecule has 0 spiro atoms. The molecule has 1 amide bonds. The molecular weight excluding hydrogens is 282 g/mol. The molecule has 1 aliphatic rings. The Labute approximate surface area is 118 Å². The molecule has 106 valence electrons. The van der Waals surface area contributed by atoms with Crippen molar-refractivity contribution in [1.82, 2.24) is 4.90 Å². The van der Waals surface area contributed by atoms with Gasteiger partial charge >= 0.3 is 0 Å². The topological polar surface area (TPSA) is 54.5 Å². The van der Waals surface area contributed by atoms with Gasteiger partial charge in [0.05, 0.1) is 11.7 Å². The largest absolute Gasteiger partial charge is 0.342 e. The molecule has 1 aromatic rings. The smallest absolute Gasteiger partial charge is 0.227 e. The number of sulfone groups is 1. The third kappa shape index (κ3) is 4.04. The van der Waals surface area contributed by atoms with E-state index in [9.17, 15) is 13.2 Å². The van der Waals surface area contributed by atoms with Crippen LogP contribution in [-0.2, 0) is 21.1 Å². The van der Waals surface area contributed by atoms with Crippen molar-refractivity contribution in [1.29, 1.82) is 0 Å². The van der Waals surface area contributed by atoms with Crippen molar-refractivity contribution < 1.29 is 13.2 Å². The molecule has 0 aliphatic carbocycles. The molecule has 0 bridgehead atoms. The first-order chi connectivity index (χ1) is 8.97. The van der Waals surface area contributed by atoms with Gasteiger partial charge in [-0.2, -0.15) is 0 Å². The van der Waals surface area contributed by atoms with E-state index in [1.807, 2.05) is 22.4 Å². The predicted molar refractivity (Wildman–Crippen MR) is 77.1 cm³/mol. The summed E-state index contributed by atoms with van der Waals surface area (Å²) in [6.07, 6.45) is 3.73. The van der Waals surface area contributed by atoms with Crippen LogP contribution in [0.4, 0.5) is 0 Å². The van der Waals surface area contributed by atoms with Crippen molar-refractivity contribution in [2.75, 3.05) is 19.3 Å². The number of amides is 1. The summed E-state index contributed by atoms with van der Waals surface area (Å²) in [7, 11) is -2.98. The fraction of sp³-hybridized carbons (Fsp3) is 0.615. The van der Waals surface area contributed by atoms with Crippen LogP contribution in [0.1, 0.15) is 24.1 Å². The fourth-order valence-electron chi connectivity index (χ4n) is 2.42. The molecule has 1 saturated heterocycles. The van der Waals surface area contributed by atoms with Crippen molar-refractivity contribution in [3.05, 3.63) is 22.4 Å². The Bertz CT molecular complexity index is 522. The van der Waals surface area contributed by atoms with Gasteiger partial charge in [0, 0.05) is 24.2 Å². The van der Waals surface area contributed by atoms with Gasteiger partial charge in [0.1, 0.15) is 9.84 Å². The second-order valence-electron chi connectivity index (χ2n) is 5.02. The monoisotopic (exact) mass is 301 g/mol. The zero-order valence-electron chi connectivity index (χ0n) is 11.0. The SMILES string of the molecule is CS(=O)(=O)C1CCCN(C(=O)Cc2cccs2)CC1. The molecule has 19 heavy (non-hydrogen) atoms. The fourth-order valence-corrected chi connectivity index (χ4v) is 4.24. The van der Waals surface area contributed by atoms with Crippen LogP contribution in [0.15, 0.2) is 17.5 Å². The number of rotatable bonds is 3. The van der Waals surface area contributed by atoms with E-state index >= 15 is 0 Å². The normalized spacial score (nSPS) is 21.1. The molecule has 6 heteroatoms. The third-order valence-corrected chi connectivity index (χ3v) is 6.10. The predicted octanol–water partition coefficient (Wildman–Crippen LogP) is 1.72. The molecule has 2 rings (SSSR count). The minimum atomic E-state index is -2.98. The average molecular weight is 301 g/mol. The maximum atomic E-state index is 12.2. The van der Waals surface area contributed by atoms with Gasteiger partial charge in [-0.3, -0.25) is 4.79 Å². The second-order valence-corrected chi connectivity index (χ2v) is 8.38. The molecule has 2 heterocycles. The summed E-state index contributed by atoms with van der Waals surface area (Å²) in [5.41, 5.74) is 0. The molecule has 0 radical (unpaired) electrons. The molecule has 1 aromatic heterocycles. The molecule has 1 unspecified atom stereocenters. The van der Waals surface area contributed by atoms with Gasteiger partial charge in [-0.1, -0.05) is 6.07 Å². The number of thiophene rings is 1. The summed E-state index contributed by atoms with van der Waals surface area (Å²) in [5, 5.41) is 1.68. The first-order valence-electron chi connectivity index (χ1n) is 6.46. The van der Waals surface area contributed by atoms with E-state index in [0.717, 1.165) is 11.3 Å². The Kier molecular flexibility index (Phi) is 4.62. The number of likely N-dealkylation sites (tertiary alicyclic amines) is 1. The van der Waals surface area contributed by atoms with E-state index in [4.69, 9.17) is 0 Å². The van der Waals surface area contributed by atoms with Crippen LogP contribution < -0.4 is 0 Å². The highest BCUT2D eigenvalue weighted by atomic mass is 32.2. The summed E-state index contributed by atoms with van der Waals surface area (Å²) in [6, 6.07) is 3.90. The summed E-state index contributed by atoms with van der Waals surface area (Å²) in [6.45, 7) is 1.23. The summed E-state index contributed by atoms with van der Waals surface area (Å²) >= 11 is 1.58. The van der Waals surface area contributed by atoms with Crippen LogP contribution >= 0.6 is 11.3 Å². The highest BCUT2D eigenvalue weighted by Gasteiger charge is 2.26. The highest BCUT2D eigenvalue weighted by Crippen LogP contribution is 2.19. The van der Waals surface area contributed by atoms with Crippen molar-refractivity contribution >= 4 is 27.1 Å². The van der Waals surface area contributed by atoms with Gasteiger partial charge in [-0.25, -0.2) is 8.42 Å². The van der Waals surface area contributed by atoms with Crippen LogP contribution in [0.5, 0.6) is 0 Å². The van der Waals surface area contributed by atoms with Crippen molar-refractivity contribution in [3.8, 4) is 0 Å². The number of carbonyl (C=O) groups is 1. The zero-order chi connectivity index (χ0) is 13.9. The summed E-state index contributed by atoms with van der Waals surface area (Å²) < 4.78 is 23.1. The number of carbonyl (C=O) groups excluding carboxylic acids is 1. The van der Waals surface area contributed by atoms with Crippen molar-refractivity contribution in [2.45, 2.75) is 30.9 Å². The van der Waals surface area contributed by atoms with Gasteiger partial charge in [-0.05, 0) is 30.7 Å². The number of nitrogens with zero attached hydrogens (tertiary/aromatic N) is 1. The molecule has 0 saturated carbocycles. The van der Waals surface area contributed by atoms with Crippen molar-refractivity contribution in [3.63, 3.8) is 0 Å². The lowest BCUT2D eigenvalue weighted by Crippen LogP contribution is -2.33. The summed E-state index contributed by atoms with van der Waals surface area (Å²) in [5.74, 6) is 0.108. The lowest BCUT2D eigenvalue weighted by atomic mass is 10.2. The lowest BCUT2D eigenvalue weighted by Gasteiger charge is -2.20. The van der Waals surface area contributed by atoms with E-state index < -0.39 is 9.84 Å². The van der Waals surface area contributed by atoms with Crippen LogP contribution in [0, 0.1) is 0 Å². The van der Waals surface area contributed by atoms with E-state index in [2.05, 4.69) is 0 Å². The van der Waals surface area contributed by atoms with E-state index in [-0.39, 0.29) is 11.2 Å². The Hall–Kier alpha value is -0.880. The van der Waals surface area contributed by atoms with E-state index in [1.165, 1.54) is 6.26 Å². The third-order valence-electron chi connectivity index (χ3n) is 3.54. The first-order valence-corrected chi connectivity index (χ1v) is 9.29.